The number of hydrogen-bond acceptors (Lipinski definition) is 6. The summed E-state index contributed by atoms with van der Waals surface area (Å²) in [5.74, 6) is -1.37. The fourth-order valence-electron chi connectivity index (χ4n) is 4.36. The highest BCUT2D eigenvalue weighted by Gasteiger charge is 2.47. The summed E-state index contributed by atoms with van der Waals surface area (Å²) in [6.45, 7) is 3.81. The van der Waals surface area contributed by atoms with Crippen LogP contribution in [0.5, 0.6) is 5.75 Å². The summed E-state index contributed by atoms with van der Waals surface area (Å²) in [5, 5.41) is 11.9. The van der Waals surface area contributed by atoms with E-state index in [1.54, 1.807) is 30.3 Å². The van der Waals surface area contributed by atoms with Crippen molar-refractivity contribution in [2.45, 2.75) is 19.9 Å². The number of Topliss-reactive ketones (excluding diaryl/α,β-unsaturated/α-hetero) is 1. The molecule has 1 aliphatic rings. The van der Waals surface area contributed by atoms with Crippen LogP contribution in [0.2, 0.25) is 5.02 Å². The molecule has 4 aromatic rings. The molecule has 0 bridgehead atoms. The number of hydrogen-bond donors (Lipinski definition) is 1. The van der Waals surface area contributed by atoms with Crippen LogP contribution in [-0.4, -0.2) is 23.9 Å². The van der Waals surface area contributed by atoms with Gasteiger partial charge in [0, 0.05) is 22.2 Å². The first-order valence-corrected chi connectivity index (χ1v) is 10.9. The number of anilines is 1. The smallest absolute Gasteiger partial charge is 0.294 e. The van der Waals surface area contributed by atoms with Gasteiger partial charge in [-0.1, -0.05) is 29.3 Å². The van der Waals surface area contributed by atoms with Gasteiger partial charge in [0.05, 0.1) is 18.9 Å². The van der Waals surface area contributed by atoms with Gasteiger partial charge in [0.1, 0.15) is 11.8 Å². The fraction of sp³-hybridized carbons (Fsp3) is 0.154. The van der Waals surface area contributed by atoms with Crippen LogP contribution >= 0.6 is 11.6 Å². The molecule has 34 heavy (non-hydrogen) atoms. The number of ketones is 1. The molecule has 1 atom stereocenters. The molecule has 7 nitrogen and oxygen atoms in total. The molecule has 2 aromatic heterocycles. The summed E-state index contributed by atoms with van der Waals surface area (Å²) in [6.07, 6.45) is 1.45. The molecule has 5 rings (SSSR count). The number of amides is 1. The van der Waals surface area contributed by atoms with Crippen molar-refractivity contribution in [3.63, 3.8) is 0 Å². The van der Waals surface area contributed by atoms with Crippen molar-refractivity contribution in [2.75, 3.05) is 12.0 Å². The lowest BCUT2D eigenvalue weighted by molar-refractivity contribution is -0.117. The number of aliphatic hydroxyl groups is 1. The zero-order chi connectivity index (χ0) is 24.1. The van der Waals surface area contributed by atoms with Gasteiger partial charge >= 0.3 is 0 Å². The quantitative estimate of drug-likeness (QED) is 0.350. The molecule has 1 aliphatic heterocycles. The van der Waals surface area contributed by atoms with Crippen LogP contribution in [-0.2, 0) is 4.79 Å². The van der Waals surface area contributed by atoms with Gasteiger partial charge < -0.3 is 18.7 Å². The van der Waals surface area contributed by atoms with Crippen molar-refractivity contribution < 1.29 is 28.3 Å². The van der Waals surface area contributed by atoms with E-state index in [4.69, 9.17) is 25.2 Å². The molecule has 1 amide bonds. The van der Waals surface area contributed by atoms with Crippen LogP contribution in [0.1, 0.15) is 33.5 Å². The molecule has 0 saturated carbocycles. The summed E-state index contributed by atoms with van der Waals surface area (Å²) >= 11 is 6.14. The van der Waals surface area contributed by atoms with E-state index in [1.165, 1.54) is 24.3 Å². The number of halogens is 1. The summed E-state index contributed by atoms with van der Waals surface area (Å²) in [5.41, 5.74) is 2.59. The van der Waals surface area contributed by atoms with Gasteiger partial charge in [-0.05, 0) is 49.7 Å². The zero-order valence-electron chi connectivity index (χ0n) is 18.6. The molecule has 8 heteroatoms. The van der Waals surface area contributed by atoms with E-state index in [9.17, 15) is 14.7 Å². The number of methoxy groups -OCH3 is 1. The third-order valence-corrected chi connectivity index (χ3v) is 6.09. The maximum absolute atomic E-state index is 13.7. The maximum Gasteiger partial charge on any atom is 0.294 e. The van der Waals surface area contributed by atoms with E-state index >= 15 is 0 Å². The fourth-order valence-corrected chi connectivity index (χ4v) is 4.58. The minimum absolute atomic E-state index is 0.0658. The first kappa shape index (κ1) is 21.9. The largest absolute Gasteiger partial charge is 0.503 e. The second-order valence-corrected chi connectivity index (χ2v) is 8.55. The molecule has 0 spiro atoms. The molecular formula is C26H20ClNO6. The van der Waals surface area contributed by atoms with Crippen molar-refractivity contribution in [3.05, 3.63) is 93.8 Å². The SMILES string of the molecule is COc1cc(Cl)cc2cc(C(=O)C3=C(O)C(=O)N(c4ccc(C)cc4C)C3c3ccco3)oc12. The third-order valence-electron chi connectivity index (χ3n) is 5.87. The Hall–Kier alpha value is -3.97. The number of rotatable bonds is 5. The minimum atomic E-state index is -0.977. The monoisotopic (exact) mass is 477 g/mol. The molecule has 0 aliphatic carbocycles. The van der Waals surface area contributed by atoms with Gasteiger partial charge in [0.2, 0.25) is 5.78 Å². The molecule has 1 N–H and O–H groups in total. The minimum Gasteiger partial charge on any atom is -0.503 e. The lowest BCUT2D eigenvalue weighted by Crippen LogP contribution is -2.31. The van der Waals surface area contributed by atoms with Crippen LogP contribution < -0.4 is 9.64 Å². The van der Waals surface area contributed by atoms with E-state index in [2.05, 4.69) is 0 Å². The average molecular weight is 478 g/mol. The van der Waals surface area contributed by atoms with Crippen molar-refractivity contribution in [3.8, 4) is 5.75 Å². The van der Waals surface area contributed by atoms with E-state index in [0.717, 1.165) is 11.1 Å². The van der Waals surface area contributed by atoms with E-state index in [-0.39, 0.29) is 11.3 Å². The van der Waals surface area contributed by atoms with Gasteiger partial charge in [-0.15, -0.1) is 0 Å². The number of carbonyl (C=O) groups excluding carboxylic acids is 2. The van der Waals surface area contributed by atoms with Gasteiger partial charge in [0.25, 0.3) is 5.91 Å². The maximum atomic E-state index is 13.7. The number of aliphatic hydroxyl groups excluding tert-OH is 1. The summed E-state index contributed by atoms with van der Waals surface area (Å²) < 4.78 is 16.7. The number of benzene rings is 2. The van der Waals surface area contributed by atoms with Gasteiger partial charge in [-0.25, -0.2) is 0 Å². The predicted molar refractivity (Wildman–Crippen MR) is 127 cm³/mol. The lowest BCUT2D eigenvalue weighted by atomic mass is 9.98. The van der Waals surface area contributed by atoms with Crippen LogP contribution in [0.15, 0.2) is 75.0 Å². The highest BCUT2D eigenvalue weighted by molar-refractivity contribution is 6.31. The Morgan fingerprint density at radius 3 is 2.62 bits per heavy atom. The van der Waals surface area contributed by atoms with E-state index in [0.29, 0.717) is 33.2 Å². The Labute approximate surface area is 199 Å². The standard InChI is InChI=1S/C26H20ClNO6/c1-13-6-7-17(14(2)9-13)28-22(18-5-4-8-33-18)21(24(30)26(28)31)23(29)19-11-15-10-16(27)12-20(32-3)25(15)34-19/h4-12,22,30H,1-3H3. The van der Waals surface area contributed by atoms with Gasteiger partial charge in [-0.3, -0.25) is 14.5 Å². The zero-order valence-corrected chi connectivity index (χ0v) is 19.3. The molecule has 0 fully saturated rings. The first-order valence-electron chi connectivity index (χ1n) is 10.5. The van der Waals surface area contributed by atoms with Crippen molar-refractivity contribution >= 4 is 39.9 Å². The van der Waals surface area contributed by atoms with Gasteiger partial charge in [0.15, 0.2) is 22.9 Å². The van der Waals surface area contributed by atoms with Crippen molar-refractivity contribution in [1.29, 1.82) is 0 Å². The molecule has 2 aromatic carbocycles. The predicted octanol–water partition coefficient (Wildman–Crippen LogP) is 6.09. The highest BCUT2D eigenvalue weighted by atomic mass is 35.5. The van der Waals surface area contributed by atoms with Crippen LogP contribution in [0, 0.1) is 13.8 Å². The first-order chi connectivity index (χ1) is 16.3. The molecular weight excluding hydrogens is 458 g/mol. The van der Waals surface area contributed by atoms with Crippen molar-refractivity contribution in [1.82, 2.24) is 0 Å². The van der Waals surface area contributed by atoms with Crippen LogP contribution in [0.25, 0.3) is 11.0 Å². The second kappa shape index (κ2) is 8.11. The number of nitrogens with zero attached hydrogens (tertiary/aromatic N) is 1. The normalized spacial score (nSPS) is 16.1. The average Bonchev–Trinajstić information content (AvgIpc) is 3.52. The number of ether oxygens (including phenoxy) is 1. The Kier molecular flexibility index (Phi) is 5.21. The van der Waals surface area contributed by atoms with E-state index < -0.39 is 23.5 Å². The van der Waals surface area contributed by atoms with Gasteiger partial charge in [-0.2, -0.15) is 0 Å². The summed E-state index contributed by atoms with van der Waals surface area (Å²) in [6, 6.07) is 12.6. The molecule has 1 unspecified atom stereocenters. The topological polar surface area (TPSA) is 93.1 Å². The highest BCUT2D eigenvalue weighted by Crippen LogP contribution is 2.44. The number of carbonyl (C=O) groups is 2. The Balaban J connectivity index is 1.66. The molecule has 172 valence electrons. The lowest BCUT2D eigenvalue weighted by Gasteiger charge is -2.26. The molecule has 0 saturated heterocycles. The number of furan rings is 2. The summed E-state index contributed by atoms with van der Waals surface area (Å²) in [4.78, 5) is 28.3. The second-order valence-electron chi connectivity index (χ2n) is 8.11. The van der Waals surface area contributed by atoms with Crippen LogP contribution in [0.4, 0.5) is 5.69 Å². The third kappa shape index (κ3) is 3.36. The Morgan fingerprint density at radius 1 is 1.15 bits per heavy atom. The molecule has 0 radical (unpaired) electrons. The number of fused-ring (bicyclic) bond motifs is 1. The summed E-state index contributed by atoms with van der Waals surface area (Å²) in [7, 11) is 1.47. The Bertz CT molecular complexity index is 1480. The number of aryl methyl sites for hydroxylation is 2. The Morgan fingerprint density at radius 2 is 1.94 bits per heavy atom. The molecule has 3 heterocycles. The van der Waals surface area contributed by atoms with E-state index in [1.807, 2.05) is 26.0 Å². The van der Waals surface area contributed by atoms with Crippen LogP contribution in [0.3, 0.4) is 0 Å². The van der Waals surface area contributed by atoms with Crippen molar-refractivity contribution in [2.24, 2.45) is 0 Å².